The van der Waals surface area contributed by atoms with E-state index in [-0.39, 0.29) is 11.3 Å². The third-order valence-corrected chi connectivity index (χ3v) is 4.76. The van der Waals surface area contributed by atoms with Crippen LogP contribution in [-0.4, -0.2) is 26.0 Å². The van der Waals surface area contributed by atoms with Crippen LogP contribution in [0.2, 0.25) is 0 Å². The number of hydrogen-bond acceptors (Lipinski definition) is 7. The topological polar surface area (TPSA) is 124 Å². The fraction of sp³-hybridized carbons (Fsp3) is 0.0909. The first-order valence-electron chi connectivity index (χ1n) is 9.39. The van der Waals surface area contributed by atoms with E-state index in [2.05, 4.69) is 20.4 Å². The summed E-state index contributed by atoms with van der Waals surface area (Å²) in [4.78, 5) is 31.8. The van der Waals surface area contributed by atoms with E-state index in [9.17, 15) is 14.9 Å². The highest BCUT2D eigenvalue weighted by molar-refractivity contribution is 6.06. The SMILES string of the molecule is Cc1c(C(=O)Nc2ccccc2Cc2nc(-c3ccncc3)no2)cccc1[N+](=O)[O-]. The van der Waals surface area contributed by atoms with Gasteiger partial charge in [0.25, 0.3) is 11.6 Å². The third kappa shape index (κ3) is 4.30. The molecule has 0 aliphatic heterocycles. The van der Waals surface area contributed by atoms with Crippen LogP contribution < -0.4 is 5.32 Å². The summed E-state index contributed by atoms with van der Waals surface area (Å²) in [6.07, 6.45) is 3.60. The number of amides is 1. The Labute approximate surface area is 176 Å². The minimum absolute atomic E-state index is 0.101. The lowest BCUT2D eigenvalue weighted by molar-refractivity contribution is -0.385. The summed E-state index contributed by atoms with van der Waals surface area (Å²) in [5.41, 5.74) is 2.55. The van der Waals surface area contributed by atoms with Crippen molar-refractivity contribution in [3.05, 3.63) is 99.7 Å². The number of nitro benzene ring substituents is 1. The molecule has 1 amide bonds. The Kier molecular flexibility index (Phi) is 5.48. The second-order valence-electron chi connectivity index (χ2n) is 6.74. The molecule has 0 bridgehead atoms. The van der Waals surface area contributed by atoms with Gasteiger partial charge < -0.3 is 9.84 Å². The monoisotopic (exact) mass is 415 g/mol. The van der Waals surface area contributed by atoms with Crippen LogP contribution in [0.4, 0.5) is 11.4 Å². The maximum atomic E-state index is 12.8. The molecule has 154 valence electrons. The van der Waals surface area contributed by atoms with E-state index < -0.39 is 10.8 Å². The van der Waals surface area contributed by atoms with Crippen LogP contribution in [0.25, 0.3) is 11.4 Å². The average Bonchev–Trinajstić information content (AvgIpc) is 3.24. The van der Waals surface area contributed by atoms with Crippen LogP contribution in [0.5, 0.6) is 0 Å². The molecule has 0 spiro atoms. The lowest BCUT2D eigenvalue weighted by Crippen LogP contribution is -2.15. The summed E-state index contributed by atoms with van der Waals surface area (Å²) in [7, 11) is 0. The molecule has 0 fully saturated rings. The molecule has 4 rings (SSSR count). The lowest BCUT2D eigenvalue weighted by atomic mass is 10.1. The number of anilines is 1. The molecule has 2 aromatic carbocycles. The van der Waals surface area contributed by atoms with Crippen LogP contribution in [0.3, 0.4) is 0 Å². The summed E-state index contributed by atoms with van der Waals surface area (Å²) in [6.45, 7) is 1.55. The highest BCUT2D eigenvalue weighted by atomic mass is 16.6. The molecule has 9 heteroatoms. The Balaban J connectivity index is 1.56. The van der Waals surface area contributed by atoms with Crippen molar-refractivity contribution in [1.29, 1.82) is 0 Å². The number of benzene rings is 2. The number of pyridine rings is 1. The quantitative estimate of drug-likeness (QED) is 0.370. The highest BCUT2D eigenvalue weighted by Crippen LogP contribution is 2.24. The Bertz CT molecular complexity index is 1250. The zero-order chi connectivity index (χ0) is 21.8. The van der Waals surface area contributed by atoms with Crippen LogP contribution in [-0.2, 0) is 6.42 Å². The fourth-order valence-electron chi connectivity index (χ4n) is 3.16. The Morgan fingerprint density at radius 2 is 1.87 bits per heavy atom. The number of hydrogen-bond donors (Lipinski definition) is 1. The molecule has 0 radical (unpaired) electrons. The molecular formula is C22H17N5O4. The Morgan fingerprint density at radius 1 is 1.10 bits per heavy atom. The number of rotatable bonds is 6. The molecule has 0 saturated carbocycles. The van der Waals surface area contributed by atoms with Crippen molar-refractivity contribution >= 4 is 17.3 Å². The van der Waals surface area contributed by atoms with Gasteiger partial charge in [0.05, 0.1) is 11.3 Å². The molecule has 0 aliphatic rings. The maximum Gasteiger partial charge on any atom is 0.273 e. The first-order valence-corrected chi connectivity index (χ1v) is 9.39. The van der Waals surface area contributed by atoms with E-state index in [0.29, 0.717) is 29.4 Å². The zero-order valence-electron chi connectivity index (χ0n) is 16.5. The molecular weight excluding hydrogens is 398 g/mol. The Morgan fingerprint density at radius 3 is 2.65 bits per heavy atom. The normalized spacial score (nSPS) is 10.6. The summed E-state index contributed by atoms with van der Waals surface area (Å²) in [6, 6.07) is 15.2. The highest BCUT2D eigenvalue weighted by Gasteiger charge is 2.19. The van der Waals surface area contributed by atoms with Gasteiger partial charge in [0.2, 0.25) is 11.7 Å². The fourth-order valence-corrected chi connectivity index (χ4v) is 3.16. The lowest BCUT2D eigenvalue weighted by Gasteiger charge is -2.11. The molecule has 31 heavy (non-hydrogen) atoms. The molecule has 0 unspecified atom stereocenters. The third-order valence-electron chi connectivity index (χ3n) is 4.76. The number of para-hydroxylation sites is 1. The second-order valence-corrected chi connectivity index (χ2v) is 6.74. The summed E-state index contributed by atoms with van der Waals surface area (Å²) in [5, 5.41) is 18.0. The van der Waals surface area contributed by atoms with Crippen LogP contribution in [0.1, 0.15) is 27.4 Å². The van der Waals surface area contributed by atoms with Gasteiger partial charge in [-0.25, -0.2) is 0 Å². The minimum atomic E-state index is -0.504. The molecule has 2 aromatic heterocycles. The van der Waals surface area contributed by atoms with Gasteiger partial charge >= 0.3 is 0 Å². The molecule has 0 saturated heterocycles. The number of nitro groups is 1. The van der Waals surface area contributed by atoms with Crippen LogP contribution >= 0.6 is 0 Å². The second kappa shape index (κ2) is 8.54. The average molecular weight is 415 g/mol. The van der Waals surface area contributed by atoms with Crippen molar-refractivity contribution in [1.82, 2.24) is 15.1 Å². The van der Waals surface area contributed by atoms with E-state index in [0.717, 1.165) is 11.1 Å². The maximum absolute atomic E-state index is 12.8. The molecule has 0 aliphatic carbocycles. The van der Waals surface area contributed by atoms with Gasteiger partial charge in [0.1, 0.15) is 0 Å². The summed E-state index contributed by atoms with van der Waals surface area (Å²) < 4.78 is 5.36. The number of carbonyl (C=O) groups excluding carboxylic acids is 1. The van der Waals surface area contributed by atoms with Crippen molar-refractivity contribution in [3.8, 4) is 11.4 Å². The predicted octanol–water partition coefficient (Wildman–Crippen LogP) is 4.19. The van der Waals surface area contributed by atoms with Crippen molar-refractivity contribution in [2.24, 2.45) is 0 Å². The van der Waals surface area contributed by atoms with E-state index in [4.69, 9.17) is 4.52 Å². The van der Waals surface area contributed by atoms with Crippen LogP contribution in [0, 0.1) is 17.0 Å². The van der Waals surface area contributed by atoms with Gasteiger partial charge in [-0.3, -0.25) is 19.9 Å². The first kappa shape index (κ1) is 19.9. The van der Waals surface area contributed by atoms with E-state index in [1.54, 1.807) is 49.6 Å². The number of aromatic nitrogens is 3. The molecule has 9 nitrogen and oxygen atoms in total. The largest absolute Gasteiger partial charge is 0.339 e. The van der Waals surface area contributed by atoms with Gasteiger partial charge in [-0.1, -0.05) is 29.4 Å². The minimum Gasteiger partial charge on any atom is -0.339 e. The zero-order valence-corrected chi connectivity index (χ0v) is 16.5. The van der Waals surface area contributed by atoms with Gasteiger partial charge in [-0.05, 0) is 36.8 Å². The molecule has 4 aromatic rings. The Hall–Kier alpha value is -4.40. The summed E-state index contributed by atoms with van der Waals surface area (Å²) in [5.74, 6) is 0.405. The van der Waals surface area contributed by atoms with E-state index in [1.807, 2.05) is 12.1 Å². The molecule has 2 heterocycles. The summed E-state index contributed by atoms with van der Waals surface area (Å²) >= 11 is 0. The number of nitrogens with one attached hydrogen (secondary N) is 1. The van der Waals surface area contributed by atoms with E-state index >= 15 is 0 Å². The van der Waals surface area contributed by atoms with Crippen molar-refractivity contribution in [2.45, 2.75) is 13.3 Å². The van der Waals surface area contributed by atoms with Gasteiger partial charge in [-0.2, -0.15) is 4.98 Å². The van der Waals surface area contributed by atoms with Gasteiger partial charge in [-0.15, -0.1) is 0 Å². The molecule has 1 N–H and O–H groups in total. The van der Waals surface area contributed by atoms with Crippen molar-refractivity contribution in [2.75, 3.05) is 5.32 Å². The predicted molar refractivity (Wildman–Crippen MR) is 113 cm³/mol. The van der Waals surface area contributed by atoms with Crippen molar-refractivity contribution < 1.29 is 14.2 Å². The number of nitrogens with zero attached hydrogens (tertiary/aromatic N) is 4. The molecule has 0 atom stereocenters. The number of carbonyl (C=O) groups is 1. The van der Waals surface area contributed by atoms with Crippen molar-refractivity contribution in [3.63, 3.8) is 0 Å². The van der Waals surface area contributed by atoms with E-state index in [1.165, 1.54) is 12.1 Å². The first-order chi connectivity index (χ1) is 15.0. The van der Waals surface area contributed by atoms with Gasteiger partial charge in [0, 0.05) is 40.8 Å². The smallest absolute Gasteiger partial charge is 0.273 e. The van der Waals surface area contributed by atoms with Gasteiger partial charge in [0.15, 0.2) is 0 Å². The standard InChI is InChI=1S/C22H17N5O4/c1-14-17(6-4-8-19(14)27(29)30)22(28)24-18-7-3-2-5-16(18)13-20-25-21(26-31-20)15-9-11-23-12-10-15/h2-12H,13H2,1H3,(H,24,28). The van der Waals surface area contributed by atoms with Crippen LogP contribution in [0.15, 0.2) is 71.5 Å².